The molecule has 0 saturated carbocycles. The number of anilines is 2. The molecule has 1 N–H and O–H groups in total. The van der Waals surface area contributed by atoms with Crippen LogP contribution in [0.3, 0.4) is 0 Å². The molecule has 39 heavy (non-hydrogen) atoms. The van der Waals surface area contributed by atoms with Crippen molar-refractivity contribution < 1.29 is 4.79 Å². The molecule has 1 aliphatic heterocycles. The van der Waals surface area contributed by atoms with Gasteiger partial charge in [0.1, 0.15) is 0 Å². The van der Waals surface area contributed by atoms with E-state index < -0.39 is 5.91 Å². The van der Waals surface area contributed by atoms with Gasteiger partial charge in [0.15, 0.2) is 10.8 Å². The minimum atomic E-state index is -0.434. The number of pyridine rings is 1. The lowest BCUT2D eigenvalue weighted by Crippen LogP contribution is -2.43. The molecular formula is C29H30N9O+. The zero-order valence-corrected chi connectivity index (χ0v) is 22.0. The first kappa shape index (κ1) is 26.0. The van der Waals surface area contributed by atoms with Crippen LogP contribution in [0.25, 0.3) is 11.3 Å². The molecule has 0 aliphatic carbocycles. The van der Waals surface area contributed by atoms with Gasteiger partial charge in [-0.25, -0.2) is 9.97 Å². The van der Waals surface area contributed by atoms with E-state index in [0.717, 1.165) is 55.2 Å². The summed E-state index contributed by atoms with van der Waals surface area (Å²) < 4.78 is 0. The van der Waals surface area contributed by atoms with E-state index in [2.05, 4.69) is 52.3 Å². The number of benzene rings is 2. The SMILES string of the molecule is Cc1ccc(N=[N+]=NC(=O)c2ccc(CN3CCN(C)CC3)cc2)cc1Nc1nccc(-c2cccnc2)n1. The highest BCUT2D eigenvalue weighted by atomic mass is 16.1. The molecule has 0 atom stereocenters. The molecule has 0 unspecified atom stereocenters. The van der Waals surface area contributed by atoms with E-state index in [4.69, 9.17) is 0 Å². The summed E-state index contributed by atoms with van der Waals surface area (Å²) >= 11 is 0. The lowest BCUT2D eigenvalue weighted by molar-refractivity contribution is 0.0992. The van der Waals surface area contributed by atoms with Gasteiger partial charge in [-0.05, 0) is 67.6 Å². The normalized spacial score (nSPS) is 13.9. The van der Waals surface area contributed by atoms with Crippen LogP contribution in [-0.4, -0.2) is 63.9 Å². The second-order valence-corrected chi connectivity index (χ2v) is 9.50. The Morgan fingerprint density at radius 3 is 2.62 bits per heavy atom. The second kappa shape index (κ2) is 12.3. The number of piperazine rings is 1. The van der Waals surface area contributed by atoms with Crippen molar-refractivity contribution in [2.24, 2.45) is 10.2 Å². The summed E-state index contributed by atoms with van der Waals surface area (Å²) in [6.45, 7) is 7.09. The number of hydrogen-bond donors (Lipinski definition) is 1. The Morgan fingerprint density at radius 2 is 1.85 bits per heavy atom. The largest absolute Gasteiger partial charge is 0.360 e. The maximum atomic E-state index is 12.5. The number of aryl methyl sites for hydroxylation is 1. The van der Waals surface area contributed by atoms with Gasteiger partial charge in [-0.3, -0.25) is 14.7 Å². The first-order chi connectivity index (χ1) is 19.0. The number of hydrogen-bond acceptors (Lipinski definition) is 8. The quantitative estimate of drug-likeness (QED) is 0.276. The Bertz CT molecular complexity index is 1490. The Labute approximate surface area is 227 Å². The predicted octanol–water partition coefficient (Wildman–Crippen LogP) is 4.78. The molecule has 4 aromatic rings. The zero-order valence-electron chi connectivity index (χ0n) is 22.0. The van der Waals surface area contributed by atoms with E-state index in [0.29, 0.717) is 17.2 Å². The Kier molecular flexibility index (Phi) is 8.18. The number of likely N-dealkylation sites (N-methyl/N-ethyl adjacent to an activating group) is 1. The van der Waals surface area contributed by atoms with E-state index in [1.54, 1.807) is 30.7 Å². The van der Waals surface area contributed by atoms with Gasteiger partial charge in [0.2, 0.25) is 16.0 Å². The summed E-state index contributed by atoms with van der Waals surface area (Å²) in [7, 11) is 2.15. The van der Waals surface area contributed by atoms with E-state index in [1.807, 2.05) is 55.5 Å². The third-order valence-corrected chi connectivity index (χ3v) is 6.58. The summed E-state index contributed by atoms with van der Waals surface area (Å²) in [6, 6.07) is 18.7. The van der Waals surface area contributed by atoms with Crippen molar-refractivity contribution in [2.75, 3.05) is 38.5 Å². The Balaban J connectivity index is 1.23. The van der Waals surface area contributed by atoms with E-state index in [-0.39, 0.29) is 0 Å². The second-order valence-electron chi connectivity index (χ2n) is 9.50. The molecule has 1 saturated heterocycles. The molecule has 10 heteroatoms. The zero-order chi connectivity index (χ0) is 27.0. The van der Waals surface area contributed by atoms with Crippen LogP contribution in [0.1, 0.15) is 21.5 Å². The minimum Gasteiger partial charge on any atom is -0.324 e. The topological polar surface area (TPSA) is 113 Å². The number of nitrogens with one attached hydrogen (secondary N) is 1. The molecular weight excluding hydrogens is 490 g/mol. The molecule has 1 amide bonds. The highest BCUT2D eigenvalue weighted by molar-refractivity contribution is 5.94. The summed E-state index contributed by atoms with van der Waals surface area (Å²) in [4.78, 5) is 34.1. The lowest BCUT2D eigenvalue weighted by Gasteiger charge is -2.32. The number of nitrogens with zero attached hydrogens (tertiary/aromatic N) is 8. The Hall–Kier alpha value is -4.63. The maximum Gasteiger partial charge on any atom is 0.360 e. The van der Waals surface area contributed by atoms with E-state index in [9.17, 15) is 4.79 Å². The number of carbonyl (C=O) groups is 1. The molecule has 3 heterocycles. The molecule has 0 bridgehead atoms. The van der Waals surface area contributed by atoms with Crippen molar-refractivity contribution in [3.63, 3.8) is 0 Å². The highest BCUT2D eigenvalue weighted by Gasteiger charge is 2.15. The third-order valence-electron chi connectivity index (χ3n) is 6.58. The number of amides is 1. The maximum absolute atomic E-state index is 12.5. The van der Waals surface area contributed by atoms with Crippen LogP contribution in [0.15, 0.2) is 89.5 Å². The van der Waals surface area contributed by atoms with Crippen LogP contribution >= 0.6 is 0 Å². The highest BCUT2D eigenvalue weighted by Crippen LogP contribution is 2.25. The predicted molar refractivity (Wildman–Crippen MR) is 150 cm³/mol. The van der Waals surface area contributed by atoms with Gasteiger partial charge in [-0.15, -0.1) is 0 Å². The number of carbonyl (C=O) groups excluding carboxylic acids is 1. The molecule has 1 fully saturated rings. The molecule has 0 spiro atoms. The van der Waals surface area contributed by atoms with Crippen molar-refractivity contribution >= 4 is 23.2 Å². The molecule has 5 rings (SSSR count). The smallest absolute Gasteiger partial charge is 0.324 e. The lowest BCUT2D eigenvalue weighted by atomic mass is 10.1. The third kappa shape index (κ3) is 7.03. The fourth-order valence-electron chi connectivity index (χ4n) is 4.21. The summed E-state index contributed by atoms with van der Waals surface area (Å²) in [6.07, 6.45) is 5.17. The van der Waals surface area contributed by atoms with Gasteiger partial charge < -0.3 is 10.2 Å². The molecule has 2 aromatic carbocycles. The van der Waals surface area contributed by atoms with Crippen molar-refractivity contribution in [3.05, 3.63) is 95.9 Å². The van der Waals surface area contributed by atoms with Crippen LogP contribution < -0.4 is 10.2 Å². The van der Waals surface area contributed by atoms with Gasteiger partial charge in [-0.2, -0.15) is 0 Å². The van der Waals surface area contributed by atoms with Crippen LogP contribution in [0.5, 0.6) is 0 Å². The van der Waals surface area contributed by atoms with E-state index >= 15 is 0 Å². The molecule has 0 radical (unpaired) electrons. The van der Waals surface area contributed by atoms with Crippen molar-refractivity contribution in [1.82, 2.24) is 29.7 Å². The molecule has 1 aliphatic rings. The fraction of sp³-hybridized carbons (Fsp3) is 0.241. The van der Waals surface area contributed by atoms with Crippen LogP contribution in [0, 0.1) is 6.92 Å². The Morgan fingerprint density at radius 1 is 1.03 bits per heavy atom. The standard InChI is InChI=1S/C29H30N9O/c1-21-5-10-25(18-27(21)33-29-31-13-11-26(32-29)24-4-3-12-30-19-24)34-36-35-28(39)23-8-6-22(7-9-23)20-38-16-14-37(2)15-17-38/h3-13,18-19H,14-17,20H2,1-2H3,(H,31,32,33)/q+1. The van der Waals surface area contributed by atoms with Crippen LogP contribution in [0.2, 0.25) is 0 Å². The average molecular weight is 521 g/mol. The average Bonchev–Trinajstić information content (AvgIpc) is 2.97. The summed E-state index contributed by atoms with van der Waals surface area (Å²) in [5, 5.41) is 11.1. The van der Waals surface area contributed by atoms with Gasteiger partial charge in [0, 0.05) is 68.1 Å². The summed E-state index contributed by atoms with van der Waals surface area (Å²) in [5.74, 6) is 0.0143. The molecule has 196 valence electrons. The molecule has 2 aromatic heterocycles. The molecule has 10 nitrogen and oxygen atoms in total. The van der Waals surface area contributed by atoms with Crippen molar-refractivity contribution in [1.29, 1.82) is 0 Å². The number of aromatic nitrogens is 3. The monoisotopic (exact) mass is 520 g/mol. The van der Waals surface area contributed by atoms with Crippen LogP contribution in [0.4, 0.5) is 17.3 Å². The minimum absolute atomic E-state index is 0.434. The van der Waals surface area contributed by atoms with Crippen molar-refractivity contribution in [2.45, 2.75) is 13.5 Å². The van der Waals surface area contributed by atoms with Gasteiger partial charge in [0.05, 0.1) is 5.69 Å². The van der Waals surface area contributed by atoms with Gasteiger partial charge >= 0.3 is 5.91 Å². The number of rotatable bonds is 7. The first-order valence-corrected chi connectivity index (χ1v) is 12.8. The van der Waals surface area contributed by atoms with E-state index in [1.165, 1.54) is 5.56 Å². The van der Waals surface area contributed by atoms with Gasteiger partial charge in [-0.1, -0.05) is 18.2 Å². The first-order valence-electron chi connectivity index (χ1n) is 12.8. The van der Waals surface area contributed by atoms with Crippen molar-refractivity contribution in [3.8, 4) is 11.3 Å². The summed E-state index contributed by atoms with van der Waals surface area (Å²) in [5.41, 5.74) is 5.62. The fourth-order valence-corrected chi connectivity index (χ4v) is 4.21. The van der Waals surface area contributed by atoms with Gasteiger partial charge in [0.25, 0.3) is 0 Å². The van der Waals surface area contributed by atoms with Crippen LogP contribution in [-0.2, 0) is 6.54 Å².